The Morgan fingerprint density at radius 3 is 2.47 bits per heavy atom. The Bertz CT molecular complexity index is 1110. The van der Waals surface area contributed by atoms with E-state index in [-0.39, 0.29) is 29.7 Å². The zero-order chi connectivity index (χ0) is 24.3. The molecule has 1 saturated carbocycles. The van der Waals surface area contributed by atoms with Crippen molar-refractivity contribution in [3.63, 3.8) is 0 Å². The predicted molar refractivity (Wildman–Crippen MR) is 131 cm³/mol. The number of halogens is 1. The molecule has 1 fully saturated rings. The Morgan fingerprint density at radius 2 is 1.79 bits per heavy atom. The Labute approximate surface area is 201 Å². The summed E-state index contributed by atoms with van der Waals surface area (Å²) in [5.41, 5.74) is 2.92. The molecule has 0 radical (unpaired) electrons. The number of hydrogen-bond donors (Lipinski definition) is 3. The lowest BCUT2D eigenvalue weighted by Gasteiger charge is -2.29. The Kier molecular flexibility index (Phi) is 7.57. The van der Waals surface area contributed by atoms with E-state index in [2.05, 4.69) is 22.3 Å². The van der Waals surface area contributed by atoms with Crippen LogP contribution in [0, 0.1) is 11.7 Å². The summed E-state index contributed by atoms with van der Waals surface area (Å²) in [7, 11) is -3.62. The van der Waals surface area contributed by atoms with E-state index in [4.69, 9.17) is 0 Å². The number of amides is 1. The second-order valence-electron chi connectivity index (χ2n) is 9.56. The van der Waals surface area contributed by atoms with Crippen LogP contribution in [0.25, 0.3) is 0 Å². The summed E-state index contributed by atoms with van der Waals surface area (Å²) >= 11 is 0. The quantitative estimate of drug-likeness (QED) is 0.529. The van der Waals surface area contributed by atoms with Gasteiger partial charge in [-0.2, -0.15) is 0 Å². The third-order valence-electron chi connectivity index (χ3n) is 7.15. The fraction of sp³-hybridized carbons (Fsp3) is 0.500. The van der Waals surface area contributed by atoms with Crippen molar-refractivity contribution in [3.8, 4) is 0 Å². The summed E-state index contributed by atoms with van der Waals surface area (Å²) in [6, 6.07) is 11.5. The van der Waals surface area contributed by atoms with Crippen molar-refractivity contribution in [2.75, 3.05) is 5.32 Å². The Balaban J connectivity index is 1.30. The van der Waals surface area contributed by atoms with Gasteiger partial charge in [0.1, 0.15) is 5.82 Å². The van der Waals surface area contributed by atoms with Gasteiger partial charge in [-0.15, -0.1) is 0 Å². The average Bonchev–Trinajstić information content (AvgIpc) is 2.83. The third-order valence-corrected chi connectivity index (χ3v) is 8.67. The maximum atomic E-state index is 13.1. The first-order valence-electron chi connectivity index (χ1n) is 12.2. The van der Waals surface area contributed by atoms with Gasteiger partial charge >= 0.3 is 0 Å². The number of fused-ring (bicyclic) bond motifs is 1. The van der Waals surface area contributed by atoms with Crippen molar-refractivity contribution in [2.24, 2.45) is 5.92 Å². The van der Waals surface area contributed by atoms with Gasteiger partial charge in [-0.25, -0.2) is 17.5 Å². The number of anilines is 1. The molecule has 0 aromatic heterocycles. The average molecular weight is 488 g/mol. The zero-order valence-corrected chi connectivity index (χ0v) is 20.6. The molecule has 0 saturated heterocycles. The van der Waals surface area contributed by atoms with E-state index in [1.807, 2.05) is 13.0 Å². The molecule has 0 unspecified atom stereocenters. The van der Waals surface area contributed by atoms with Crippen LogP contribution in [0.4, 0.5) is 10.1 Å². The minimum Gasteiger partial charge on any atom is -0.382 e. The molecule has 0 spiro atoms. The first kappa shape index (κ1) is 24.7. The molecule has 1 aliphatic carbocycles. The van der Waals surface area contributed by atoms with Crippen LogP contribution < -0.4 is 15.4 Å². The minimum absolute atomic E-state index is 0.0364. The molecule has 1 heterocycles. The largest absolute Gasteiger partial charge is 0.382 e. The highest BCUT2D eigenvalue weighted by atomic mass is 32.2. The highest BCUT2D eigenvalue weighted by molar-refractivity contribution is 7.89. The zero-order valence-electron chi connectivity index (χ0n) is 19.8. The molecule has 2 aromatic rings. The summed E-state index contributed by atoms with van der Waals surface area (Å²) in [6.07, 6.45) is 5.42. The van der Waals surface area contributed by atoms with Crippen LogP contribution in [0.3, 0.4) is 0 Å². The molecule has 1 amide bonds. The van der Waals surface area contributed by atoms with Gasteiger partial charge in [0.05, 0.1) is 10.9 Å². The first-order valence-corrected chi connectivity index (χ1v) is 13.7. The van der Waals surface area contributed by atoms with E-state index in [1.165, 1.54) is 12.1 Å². The van der Waals surface area contributed by atoms with E-state index in [1.54, 1.807) is 24.3 Å². The molecular weight excluding hydrogens is 453 g/mol. The molecule has 3 N–H and O–H groups in total. The van der Waals surface area contributed by atoms with E-state index in [9.17, 15) is 17.6 Å². The lowest BCUT2D eigenvalue weighted by Crippen LogP contribution is -2.41. The van der Waals surface area contributed by atoms with Crippen molar-refractivity contribution >= 4 is 21.6 Å². The van der Waals surface area contributed by atoms with Crippen molar-refractivity contribution in [1.82, 2.24) is 10.0 Å². The van der Waals surface area contributed by atoms with Gasteiger partial charge in [0.25, 0.3) is 0 Å². The molecular formula is C26H34FN3O3S. The smallest absolute Gasteiger partial charge is 0.240 e. The van der Waals surface area contributed by atoms with Crippen molar-refractivity contribution in [1.29, 1.82) is 0 Å². The van der Waals surface area contributed by atoms with E-state index in [0.717, 1.165) is 36.1 Å². The van der Waals surface area contributed by atoms with Crippen LogP contribution in [0.15, 0.2) is 47.4 Å². The number of hydrogen-bond acceptors (Lipinski definition) is 4. The summed E-state index contributed by atoms with van der Waals surface area (Å²) in [6.45, 7) is 4.03. The molecule has 34 heavy (non-hydrogen) atoms. The Hall–Kier alpha value is -2.45. The summed E-state index contributed by atoms with van der Waals surface area (Å²) < 4.78 is 42.0. The highest BCUT2D eigenvalue weighted by Crippen LogP contribution is 2.30. The summed E-state index contributed by atoms with van der Waals surface area (Å²) in [4.78, 5) is 13.0. The minimum atomic E-state index is -3.62. The summed E-state index contributed by atoms with van der Waals surface area (Å²) in [5, 5.41) is 6.48. The number of benzene rings is 2. The number of carbonyl (C=O) groups is 1. The predicted octanol–water partition coefficient (Wildman–Crippen LogP) is 4.68. The number of carbonyl (C=O) groups excluding carboxylic acids is 1. The standard InChI is InChI=1S/C26H34FN3O3S/c1-3-22-11-8-20-16-24(14-15-25(20)29-22)34(32,33)30-23-12-6-19(7-13-23)26(31)28-17(2)18-4-9-21(27)10-5-18/h4-5,9-10,14-17,19,22-23,29-30H,3,6-8,11-13H2,1-2H3,(H,28,31)/t17-,19?,22+,23?/m1/s1. The van der Waals surface area contributed by atoms with Crippen LogP contribution in [-0.4, -0.2) is 26.4 Å². The SMILES string of the molecule is CC[C@H]1CCc2cc(S(=O)(=O)NC3CCC(C(=O)N[C@H](C)c4ccc(F)cc4)CC3)ccc2N1. The first-order chi connectivity index (χ1) is 16.2. The molecule has 184 valence electrons. The fourth-order valence-electron chi connectivity index (χ4n) is 4.94. The van der Waals surface area contributed by atoms with Gasteiger partial charge in [-0.05, 0) is 93.3 Å². The van der Waals surface area contributed by atoms with Crippen LogP contribution >= 0.6 is 0 Å². The molecule has 2 aliphatic rings. The third kappa shape index (κ3) is 5.78. The molecule has 1 aliphatic heterocycles. The van der Waals surface area contributed by atoms with Crippen molar-refractivity contribution in [2.45, 2.75) is 81.8 Å². The van der Waals surface area contributed by atoms with Crippen LogP contribution in [0.1, 0.15) is 69.5 Å². The molecule has 8 heteroatoms. The number of rotatable bonds is 7. The fourth-order valence-corrected chi connectivity index (χ4v) is 6.30. The number of sulfonamides is 1. The van der Waals surface area contributed by atoms with Crippen molar-refractivity contribution < 1.29 is 17.6 Å². The van der Waals surface area contributed by atoms with Gasteiger partial charge in [-0.3, -0.25) is 4.79 Å². The second-order valence-corrected chi connectivity index (χ2v) is 11.3. The lowest BCUT2D eigenvalue weighted by atomic mass is 9.85. The Morgan fingerprint density at radius 1 is 1.09 bits per heavy atom. The second kappa shape index (κ2) is 10.4. The van der Waals surface area contributed by atoms with Gasteiger partial charge in [0.15, 0.2) is 0 Å². The highest BCUT2D eigenvalue weighted by Gasteiger charge is 2.30. The van der Waals surface area contributed by atoms with Crippen LogP contribution in [-0.2, 0) is 21.2 Å². The van der Waals surface area contributed by atoms with E-state index in [0.29, 0.717) is 36.6 Å². The molecule has 0 bridgehead atoms. The van der Waals surface area contributed by atoms with Gasteiger partial charge < -0.3 is 10.6 Å². The molecule has 4 rings (SSSR count). The van der Waals surface area contributed by atoms with Gasteiger partial charge in [0, 0.05) is 23.7 Å². The van der Waals surface area contributed by atoms with Crippen LogP contribution in [0.5, 0.6) is 0 Å². The van der Waals surface area contributed by atoms with Crippen molar-refractivity contribution in [3.05, 3.63) is 59.4 Å². The normalized spacial score (nSPS) is 23.4. The topological polar surface area (TPSA) is 87.3 Å². The van der Waals surface area contributed by atoms with E-state index < -0.39 is 10.0 Å². The maximum absolute atomic E-state index is 13.1. The van der Waals surface area contributed by atoms with Gasteiger partial charge in [-0.1, -0.05) is 19.1 Å². The molecule has 2 aromatic carbocycles. The monoisotopic (exact) mass is 487 g/mol. The van der Waals surface area contributed by atoms with Crippen LogP contribution in [0.2, 0.25) is 0 Å². The lowest BCUT2D eigenvalue weighted by molar-refractivity contribution is -0.126. The maximum Gasteiger partial charge on any atom is 0.240 e. The molecule has 6 nitrogen and oxygen atoms in total. The number of aryl methyl sites for hydroxylation is 1. The summed E-state index contributed by atoms with van der Waals surface area (Å²) in [5.74, 6) is -0.490. The van der Waals surface area contributed by atoms with Gasteiger partial charge in [0.2, 0.25) is 15.9 Å². The number of nitrogens with one attached hydrogen (secondary N) is 3. The van der Waals surface area contributed by atoms with E-state index >= 15 is 0 Å². The molecule has 2 atom stereocenters.